The lowest BCUT2D eigenvalue weighted by molar-refractivity contribution is -0.119. The molecule has 0 aliphatic carbocycles. The van der Waals surface area contributed by atoms with E-state index in [1.54, 1.807) is 48.5 Å². The van der Waals surface area contributed by atoms with Crippen molar-refractivity contribution in [2.24, 2.45) is 16.6 Å². The SMILES string of the molecule is NC(=O)COc1ccc(/C(N)=N/OC(=O)c2cccc(N3C(=O)c4ccccc4C3=O)c2)cc1. The molecule has 10 heteroatoms. The minimum atomic E-state index is -0.831. The van der Waals surface area contributed by atoms with E-state index < -0.39 is 23.7 Å². The number of imide groups is 1. The summed E-state index contributed by atoms with van der Waals surface area (Å²) in [5, 5.41) is 3.65. The molecule has 0 saturated carbocycles. The molecule has 4 N–H and O–H groups in total. The van der Waals surface area contributed by atoms with Gasteiger partial charge in [-0.25, -0.2) is 9.69 Å². The molecule has 10 nitrogen and oxygen atoms in total. The van der Waals surface area contributed by atoms with Gasteiger partial charge >= 0.3 is 5.97 Å². The van der Waals surface area contributed by atoms with Gasteiger partial charge in [-0.3, -0.25) is 14.4 Å². The van der Waals surface area contributed by atoms with Gasteiger partial charge in [0.05, 0.1) is 22.4 Å². The van der Waals surface area contributed by atoms with Crippen LogP contribution in [-0.4, -0.2) is 36.1 Å². The van der Waals surface area contributed by atoms with E-state index in [0.717, 1.165) is 4.90 Å². The van der Waals surface area contributed by atoms with Gasteiger partial charge in [-0.1, -0.05) is 23.4 Å². The maximum atomic E-state index is 12.7. The van der Waals surface area contributed by atoms with Crippen LogP contribution in [0, 0.1) is 0 Å². The highest BCUT2D eigenvalue weighted by atomic mass is 16.7. The molecule has 0 atom stereocenters. The number of nitrogens with two attached hydrogens (primary N) is 2. The number of amides is 3. The van der Waals surface area contributed by atoms with Crippen LogP contribution in [0.25, 0.3) is 0 Å². The highest BCUT2D eigenvalue weighted by Gasteiger charge is 2.36. The molecule has 1 heterocycles. The zero-order valence-electron chi connectivity index (χ0n) is 17.6. The molecule has 0 aromatic heterocycles. The number of hydrogen-bond acceptors (Lipinski definition) is 7. The summed E-state index contributed by atoms with van der Waals surface area (Å²) < 4.78 is 5.15. The van der Waals surface area contributed by atoms with E-state index in [1.165, 1.54) is 24.3 Å². The van der Waals surface area contributed by atoms with Gasteiger partial charge < -0.3 is 21.0 Å². The number of rotatable bonds is 7. The van der Waals surface area contributed by atoms with Crippen LogP contribution in [0.3, 0.4) is 0 Å². The lowest BCUT2D eigenvalue weighted by Gasteiger charge is -2.14. The van der Waals surface area contributed by atoms with Crippen molar-refractivity contribution >= 4 is 35.2 Å². The Hall–Kier alpha value is -4.99. The number of amidine groups is 1. The molecule has 170 valence electrons. The minimum absolute atomic E-state index is 0.0702. The number of carbonyl (C=O) groups excluding carboxylic acids is 4. The second kappa shape index (κ2) is 9.25. The molecule has 0 saturated heterocycles. The number of hydrogen-bond donors (Lipinski definition) is 2. The zero-order valence-corrected chi connectivity index (χ0v) is 17.6. The number of anilines is 1. The molecular formula is C24H18N4O6. The zero-order chi connectivity index (χ0) is 24.2. The molecule has 3 aromatic rings. The number of fused-ring (bicyclic) bond motifs is 1. The van der Waals surface area contributed by atoms with E-state index in [4.69, 9.17) is 21.0 Å². The van der Waals surface area contributed by atoms with Crippen LogP contribution in [0.5, 0.6) is 5.75 Å². The monoisotopic (exact) mass is 458 g/mol. The van der Waals surface area contributed by atoms with Crippen LogP contribution in [0.2, 0.25) is 0 Å². The number of nitrogens with zero attached hydrogens (tertiary/aromatic N) is 2. The minimum Gasteiger partial charge on any atom is -0.484 e. The summed E-state index contributed by atoms with van der Waals surface area (Å²) in [5.74, 6) is -2.07. The Morgan fingerprint density at radius 1 is 0.824 bits per heavy atom. The average molecular weight is 458 g/mol. The topological polar surface area (TPSA) is 154 Å². The van der Waals surface area contributed by atoms with Crippen molar-refractivity contribution in [2.75, 3.05) is 11.5 Å². The Bertz CT molecular complexity index is 1300. The number of primary amides is 1. The van der Waals surface area contributed by atoms with Crippen LogP contribution in [0.1, 0.15) is 36.6 Å². The molecule has 1 aliphatic rings. The van der Waals surface area contributed by atoms with E-state index in [-0.39, 0.29) is 23.7 Å². The van der Waals surface area contributed by atoms with Crippen molar-refractivity contribution in [3.05, 3.63) is 95.1 Å². The van der Waals surface area contributed by atoms with Crippen LogP contribution in [-0.2, 0) is 9.63 Å². The molecule has 3 amide bonds. The van der Waals surface area contributed by atoms with Crippen molar-refractivity contribution in [2.45, 2.75) is 0 Å². The van der Waals surface area contributed by atoms with Gasteiger partial charge in [-0.2, -0.15) is 0 Å². The van der Waals surface area contributed by atoms with E-state index in [0.29, 0.717) is 22.4 Å². The number of benzene rings is 3. The lowest BCUT2D eigenvalue weighted by atomic mass is 10.1. The van der Waals surface area contributed by atoms with Crippen molar-refractivity contribution < 1.29 is 28.8 Å². The molecule has 4 rings (SSSR count). The standard InChI is InChI=1S/C24H18N4O6/c25-20(29)13-33-17-10-8-14(9-11-17)21(26)27-34-24(32)15-4-3-5-16(12-15)28-22(30)18-6-1-2-7-19(18)23(28)31/h1-12H,13H2,(H2,25,29)(H2,26,27). The highest BCUT2D eigenvalue weighted by Crippen LogP contribution is 2.28. The predicted molar refractivity (Wildman–Crippen MR) is 121 cm³/mol. The molecule has 0 spiro atoms. The number of ether oxygens (including phenoxy) is 1. The quantitative estimate of drug-likeness (QED) is 0.180. The predicted octanol–water partition coefficient (Wildman–Crippen LogP) is 1.83. The lowest BCUT2D eigenvalue weighted by Crippen LogP contribution is -2.29. The summed E-state index contributed by atoms with van der Waals surface area (Å²) in [6, 6.07) is 18.6. The second-order valence-corrected chi connectivity index (χ2v) is 7.18. The number of oxime groups is 1. The first kappa shape index (κ1) is 22.2. The maximum absolute atomic E-state index is 12.7. The first-order valence-corrected chi connectivity index (χ1v) is 9.99. The normalized spacial score (nSPS) is 12.9. The van der Waals surface area contributed by atoms with Crippen molar-refractivity contribution in [1.82, 2.24) is 0 Å². The summed E-state index contributed by atoms with van der Waals surface area (Å²) in [6.45, 7) is -0.264. The van der Waals surface area contributed by atoms with Gasteiger partial charge in [-0.15, -0.1) is 0 Å². The molecule has 0 bridgehead atoms. The van der Waals surface area contributed by atoms with E-state index >= 15 is 0 Å². The highest BCUT2D eigenvalue weighted by molar-refractivity contribution is 6.34. The van der Waals surface area contributed by atoms with Crippen molar-refractivity contribution in [3.63, 3.8) is 0 Å². The van der Waals surface area contributed by atoms with E-state index in [1.807, 2.05) is 0 Å². The van der Waals surface area contributed by atoms with E-state index in [2.05, 4.69) is 5.16 Å². The van der Waals surface area contributed by atoms with E-state index in [9.17, 15) is 19.2 Å². The number of carbonyl (C=O) groups is 4. The fraction of sp³-hybridized carbons (Fsp3) is 0.0417. The summed E-state index contributed by atoms with van der Waals surface area (Å²) in [6.07, 6.45) is 0. The summed E-state index contributed by atoms with van der Waals surface area (Å²) in [4.78, 5) is 54.5. The van der Waals surface area contributed by atoms with Crippen LogP contribution in [0.4, 0.5) is 5.69 Å². The fourth-order valence-corrected chi connectivity index (χ4v) is 3.27. The van der Waals surface area contributed by atoms with Gasteiger partial charge in [0.1, 0.15) is 5.75 Å². The molecule has 0 radical (unpaired) electrons. The summed E-state index contributed by atoms with van der Waals surface area (Å²) in [7, 11) is 0. The second-order valence-electron chi connectivity index (χ2n) is 7.18. The van der Waals surface area contributed by atoms with Crippen LogP contribution < -0.4 is 21.1 Å². The molecular weight excluding hydrogens is 440 g/mol. The third kappa shape index (κ3) is 4.46. The maximum Gasteiger partial charge on any atom is 0.365 e. The van der Waals surface area contributed by atoms with Gasteiger partial charge in [-0.05, 0) is 54.6 Å². The van der Waals surface area contributed by atoms with Crippen LogP contribution >= 0.6 is 0 Å². The summed E-state index contributed by atoms with van der Waals surface area (Å²) >= 11 is 0. The molecule has 34 heavy (non-hydrogen) atoms. The van der Waals surface area contributed by atoms with Crippen molar-refractivity contribution in [3.8, 4) is 5.75 Å². The Labute approximate surface area is 193 Å². The van der Waals surface area contributed by atoms with Gasteiger partial charge in [0.15, 0.2) is 12.4 Å². The third-order valence-electron chi connectivity index (χ3n) is 4.89. The summed E-state index contributed by atoms with van der Waals surface area (Å²) in [5.41, 5.74) is 12.2. The fourth-order valence-electron chi connectivity index (χ4n) is 3.27. The van der Waals surface area contributed by atoms with Crippen molar-refractivity contribution in [1.29, 1.82) is 0 Å². The Kier molecular flexibility index (Phi) is 6.04. The largest absolute Gasteiger partial charge is 0.484 e. The molecule has 0 unspecified atom stereocenters. The molecule has 0 fully saturated rings. The van der Waals surface area contributed by atoms with Gasteiger partial charge in [0, 0.05) is 5.56 Å². The third-order valence-corrected chi connectivity index (χ3v) is 4.89. The molecule has 3 aromatic carbocycles. The van der Waals surface area contributed by atoms with Gasteiger partial charge in [0.25, 0.3) is 17.7 Å². The molecule has 1 aliphatic heterocycles. The first-order valence-electron chi connectivity index (χ1n) is 9.99. The smallest absolute Gasteiger partial charge is 0.365 e. The Morgan fingerprint density at radius 3 is 2.09 bits per heavy atom. The first-order chi connectivity index (χ1) is 16.3. The average Bonchev–Trinajstić information content (AvgIpc) is 3.11. The Morgan fingerprint density at radius 2 is 1.47 bits per heavy atom. The van der Waals surface area contributed by atoms with Crippen LogP contribution in [0.15, 0.2) is 78.0 Å². The van der Waals surface area contributed by atoms with Gasteiger partial charge in [0.2, 0.25) is 0 Å². The Balaban J connectivity index is 1.46.